The summed E-state index contributed by atoms with van der Waals surface area (Å²) in [6, 6.07) is 5.45. The quantitative estimate of drug-likeness (QED) is 0.397. The third-order valence-corrected chi connectivity index (χ3v) is 2.65. The Morgan fingerprint density at radius 2 is 2.20 bits per heavy atom. The molecule has 0 aromatic heterocycles. The van der Waals surface area contributed by atoms with Crippen molar-refractivity contribution in [1.29, 1.82) is 0 Å². The molecule has 3 radical (unpaired) electrons. The van der Waals surface area contributed by atoms with E-state index in [0.717, 1.165) is 16.0 Å². The van der Waals surface area contributed by atoms with E-state index in [1.807, 2.05) is 22.6 Å². The van der Waals surface area contributed by atoms with Crippen molar-refractivity contribution in [3.05, 3.63) is 27.3 Å². The van der Waals surface area contributed by atoms with Crippen LogP contribution >= 0.6 is 22.6 Å². The zero-order valence-electron chi connectivity index (χ0n) is 8.00. The molecule has 79 valence electrons. The highest BCUT2D eigenvalue weighted by Gasteiger charge is 2.08. The minimum atomic E-state index is -0.399. The van der Waals surface area contributed by atoms with Gasteiger partial charge in [0.05, 0.1) is 12.2 Å². The first-order valence-electron chi connectivity index (χ1n) is 4.45. The van der Waals surface area contributed by atoms with Crippen LogP contribution in [0.2, 0.25) is 6.04 Å². The summed E-state index contributed by atoms with van der Waals surface area (Å²) in [5.74, 6) is -0.321. The standard InChI is InChI=1S/C10H10IO3Si/c11-8-4-7(5-9(12)6-8)10(13)14-2-1-3-15/h4-6,12H,1-3H2. The van der Waals surface area contributed by atoms with E-state index in [1.54, 1.807) is 12.1 Å². The van der Waals surface area contributed by atoms with Crippen LogP contribution < -0.4 is 0 Å². The van der Waals surface area contributed by atoms with Gasteiger partial charge in [0.1, 0.15) is 5.75 Å². The molecule has 0 aliphatic rings. The van der Waals surface area contributed by atoms with Crippen molar-refractivity contribution in [2.24, 2.45) is 0 Å². The molecule has 15 heavy (non-hydrogen) atoms. The molecule has 0 bridgehead atoms. The largest absolute Gasteiger partial charge is 0.508 e. The molecule has 1 rings (SSSR count). The second-order valence-electron chi connectivity index (χ2n) is 2.94. The van der Waals surface area contributed by atoms with Crippen LogP contribution in [0.3, 0.4) is 0 Å². The SMILES string of the molecule is O=C(OCCC[Si])c1cc(O)cc(I)c1. The highest BCUT2D eigenvalue weighted by molar-refractivity contribution is 14.1. The average Bonchev–Trinajstić information content (AvgIpc) is 2.16. The van der Waals surface area contributed by atoms with Crippen molar-refractivity contribution in [3.63, 3.8) is 0 Å². The summed E-state index contributed by atoms with van der Waals surface area (Å²) >= 11 is 2.03. The van der Waals surface area contributed by atoms with E-state index in [1.165, 1.54) is 6.07 Å². The van der Waals surface area contributed by atoms with Gasteiger partial charge in [0.2, 0.25) is 0 Å². The number of rotatable bonds is 4. The van der Waals surface area contributed by atoms with E-state index in [4.69, 9.17) is 4.74 Å². The van der Waals surface area contributed by atoms with Gasteiger partial charge in [-0.3, -0.25) is 0 Å². The Morgan fingerprint density at radius 1 is 1.47 bits per heavy atom. The molecule has 0 heterocycles. The zero-order chi connectivity index (χ0) is 11.3. The highest BCUT2D eigenvalue weighted by atomic mass is 127. The first-order valence-corrected chi connectivity index (χ1v) is 6.23. The first kappa shape index (κ1) is 12.5. The fraction of sp³-hybridized carbons (Fsp3) is 0.300. The highest BCUT2D eigenvalue weighted by Crippen LogP contribution is 2.17. The van der Waals surface area contributed by atoms with E-state index < -0.39 is 5.97 Å². The van der Waals surface area contributed by atoms with Gasteiger partial charge in [-0.25, -0.2) is 4.79 Å². The van der Waals surface area contributed by atoms with Gasteiger partial charge in [0.15, 0.2) is 0 Å². The van der Waals surface area contributed by atoms with Gasteiger partial charge in [-0.05, 0) is 47.2 Å². The number of benzene rings is 1. The van der Waals surface area contributed by atoms with Gasteiger partial charge < -0.3 is 9.84 Å². The smallest absolute Gasteiger partial charge is 0.338 e. The lowest BCUT2D eigenvalue weighted by atomic mass is 10.2. The molecule has 5 heteroatoms. The van der Waals surface area contributed by atoms with Crippen molar-refractivity contribution < 1.29 is 14.6 Å². The third-order valence-electron chi connectivity index (χ3n) is 1.67. The predicted molar refractivity (Wildman–Crippen MR) is 66.3 cm³/mol. The summed E-state index contributed by atoms with van der Waals surface area (Å²) in [6.07, 6.45) is 0.776. The molecular formula is C10H10IO3Si. The number of halogens is 1. The summed E-state index contributed by atoms with van der Waals surface area (Å²) in [5, 5.41) is 9.29. The molecule has 1 aromatic rings. The molecule has 0 spiro atoms. The lowest BCUT2D eigenvalue weighted by Crippen LogP contribution is -2.06. The van der Waals surface area contributed by atoms with Gasteiger partial charge in [0, 0.05) is 13.8 Å². The molecule has 0 amide bonds. The number of hydrogen-bond donors (Lipinski definition) is 1. The normalized spacial score (nSPS) is 10.0. The summed E-state index contributed by atoms with van der Waals surface area (Å²) in [7, 11) is 3.29. The van der Waals surface area contributed by atoms with Crippen LogP contribution in [0.25, 0.3) is 0 Å². The molecular weight excluding hydrogens is 323 g/mol. The van der Waals surface area contributed by atoms with Gasteiger partial charge in [-0.2, -0.15) is 0 Å². The number of aromatic hydroxyl groups is 1. The van der Waals surface area contributed by atoms with Crippen LogP contribution in [0.5, 0.6) is 5.75 Å². The fourth-order valence-electron chi connectivity index (χ4n) is 1.01. The van der Waals surface area contributed by atoms with E-state index in [0.29, 0.717) is 12.2 Å². The number of esters is 1. The zero-order valence-corrected chi connectivity index (χ0v) is 11.2. The summed E-state index contributed by atoms with van der Waals surface area (Å²) < 4.78 is 5.80. The molecule has 1 N–H and O–H groups in total. The Balaban J connectivity index is 2.65. The summed E-state index contributed by atoms with van der Waals surface area (Å²) in [4.78, 5) is 11.5. The number of carbonyl (C=O) groups excluding carboxylic acids is 1. The number of ether oxygens (including phenoxy) is 1. The van der Waals surface area contributed by atoms with Gasteiger partial charge in [-0.15, -0.1) is 0 Å². The van der Waals surface area contributed by atoms with E-state index >= 15 is 0 Å². The van der Waals surface area contributed by atoms with Crippen molar-refractivity contribution >= 4 is 38.8 Å². The van der Waals surface area contributed by atoms with Crippen molar-refractivity contribution in [2.45, 2.75) is 12.5 Å². The summed E-state index contributed by atoms with van der Waals surface area (Å²) in [6.45, 7) is 0.384. The molecule has 0 fully saturated rings. The van der Waals surface area contributed by atoms with Crippen LogP contribution in [0.4, 0.5) is 0 Å². The summed E-state index contributed by atoms with van der Waals surface area (Å²) in [5.41, 5.74) is 0.383. The van der Waals surface area contributed by atoms with E-state index in [9.17, 15) is 9.90 Å². The molecule has 0 aliphatic carbocycles. The fourth-order valence-corrected chi connectivity index (χ4v) is 1.81. The lowest BCUT2D eigenvalue weighted by Gasteiger charge is -2.04. The second kappa shape index (κ2) is 6.11. The average molecular weight is 333 g/mol. The Bertz CT molecular complexity index is 334. The maximum Gasteiger partial charge on any atom is 0.338 e. The number of hydrogen-bond acceptors (Lipinski definition) is 3. The number of carbonyl (C=O) groups is 1. The maximum absolute atomic E-state index is 11.5. The van der Waals surface area contributed by atoms with Crippen LogP contribution in [-0.4, -0.2) is 27.9 Å². The Kier molecular flexibility index (Phi) is 5.10. The minimum Gasteiger partial charge on any atom is -0.508 e. The van der Waals surface area contributed by atoms with Gasteiger partial charge in [-0.1, -0.05) is 6.04 Å². The second-order valence-corrected chi connectivity index (χ2v) is 4.68. The van der Waals surface area contributed by atoms with Crippen LogP contribution in [-0.2, 0) is 4.74 Å². The first-order chi connectivity index (χ1) is 7.13. The number of phenols is 1. The maximum atomic E-state index is 11.5. The third kappa shape index (κ3) is 4.21. The Labute approximate surface area is 105 Å². The van der Waals surface area contributed by atoms with Gasteiger partial charge in [0.25, 0.3) is 0 Å². The topological polar surface area (TPSA) is 46.5 Å². The predicted octanol–water partition coefficient (Wildman–Crippen LogP) is 2.13. The molecule has 0 atom stereocenters. The molecule has 0 aliphatic heterocycles. The molecule has 0 saturated carbocycles. The van der Waals surface area contributed by atoms with Crippen LogP contribution in [0.15, 0.2) is 18.2 Å². The molecule has 1 aromatic carbocycles. The Morgan fingerprint density at radius 3 is 2.80 bits per heavy atom. The van der Waals surface area contributed by atoms with Crippen molar-refractivity contribution in [2.75, 3.05) is 6.61 Å². The van der Waals surface area contributed by atoms with E-state index in [2.05, 4.69) is 10.2 Å². The van der Waals surface area contributed by atoms with Crippen LogP contribution in [0, 0.1) is 3.57 Å². The van der Waals surface area contributed by atoms with Crippen LogP contribution in [0.1, 0.15) is 16.8 Å². The van der Waals surface area contributed by atoms with Gasteiger partial charge >= 0.3 is 5.97 Å². The van der Waals surface area contributed by atoms with E-state index in [-0.39, 0.29) is 5.75 Å². The molecule has 0 unspecified atom stereocenters. The van der Waals surface area contributed by atoms with Crippen molar-refractivity contribution in [3.8, 4) is 5.75 Å². The molecule has 3 nitrogen and oxygen atoms in total. The molecule has 0 saturated heterocycles. The van der Waals surface area contributed by atoms with Crippen molar-refractivity contribution in [1.82, 2.24) is 0 Å². The monoisotopic (exact) mass is 333 g/mol. The number of phenolic OH excluding ortho intramolecular Hbond substituents is 1. The minimum absolute atomic E-state index is 0.0778. The lowest BCUT2D eigenvalue weighted by molar-refractivity contribution is 0.0505. The Hall–Kier alpha value is -0.563.